The van der Waals surface area contributed by atoms with Gasteiger partial charge in [0.1, 0.15) is 17.2 Å². The van der Waals surface area contributed by atoms with E-state index in [0.717, 1.165) is 73.1 Å². The Bertz CT molecular complexity index is 1170. The van der Waals surface area contributed by atoms with Crippen LogP contribution in [0.5, 0.6) is 5.75 Å². The van der Waals surface area contributed by atoms with E-state index in [1.54, 1.807) is 6.07 Å². The van der Waals surface area contributed by atoms with Crippen LogP contribution in [0.15, 0.2) is 18.2 Å². The summed E-state index contributed by atoms with van der Waals surface area (Å²) in [5.41, 5.74) is 9.42. The number of nitrogens with one attached hydrogen (secondary N) is 1. The first-order valence-corrected chi connectivity index (χ1v) is 11.5. The molecule has 33 heavy (non-hydrogen) atoms. The van der Waals surface area contributed by atoms with E-state index >= 15 is 0 Å². The summed E-state index contributed by atoms with van der Waals surface area (Å²) >= 11 is 0. The molecule has 6 rings (SSSR count). The van der Waals surface area contributed by atoms with Crippen molar-refractivity contribution in [3.05, 3.63) is 35.3 Å². The van der Waals surface area contributed by atoms with E-state index in [4.69, 9.17) is 20.4 Å². The predicted octanol–water partition coefficient (Wildman–Crippen LogP) is 3.64. The van der Waals surface area contributed by atoms with E-state index in [1.807, 2.05) is 6.92 Å². The maximum atomic E-state index is 13.7. The molecule has 3 N–H and O–H groups in total. The minimum Gasteiger partial charge on any atom is -0.485 e. The van der Waals surface area contributed by atoms with Crippen molar-refractivity contribution in [1.82, 2.24) is 20.2 Å². The van der Waals surface area contributed by atoms with Crippen molar-refractivity contribution in [2.75, 3.05) is 36.0 Å². The van der Waals surface area contributed by atoms with Gasteiger partial charge < -0.3 is 20.3 Å². The zero-order chi connectivity index (χ0) is 21.9. The molecule has 2 saturated heterocycles. The summed E-state index contributed by atoms with van der Waals surface area (Å²) in [6.45, 7) is 5.54. The number of rotatable bonds is 2. The second kappa shape index (κ2) is 8.29. The molecule has 10 heteroatoms. The highest BCUT2D eigenvalue weighted by molar-refractivity contribution is 5.85. The normalized spacial score (nSPS) is 21.7. The van der Waals surface area contributed by atoms with Gasteiger partial charge in [-0.3, -0.25) is 5.10 Å². The lowest BCUT2D eigenvalue weighted by Crippen LogP contribution is -2.51. The Balaban J connectivity index is 0.00000228. The van der Waals surface area contributed by atoms with Gasteiger partial charge in [-0.1, -0.05) is 6.07 Å². The molecule has 5 heterocycles. The van der Waals surface area contributed by atoms with Crippen LogP contribution >= 0.6 is 12.4 Å². The lowest BCUT2D eigenvalue weighted by atomic mass is 9.83. The van der Waals surface area contributed by atoms with E-state index in [2.05, 4.69) is 20.0 Å². The van der Waals surface area contributed by atoms with Crippen molar-refractivity contribution in [1.29, 1.82) is 0 Å². The fourth-order valence-electron chi connectivity index (χ4n) is 5.46. The van der Waals surface area contributed by atoms with Crippen LogP contribution in [0.2, 0.25) is 0 Å². The number of aryl methyl sites for hydroxylation is 1. The molecule has 0 aliphatic carbocycles. The maximum absolute atomic E-state index is 13.7. The number of halogens is 2. The molecule has 0 radical (unpaired) electrons. The molecule has 1 atom stereocenters. The number of benzene rings is 1. The number of aromatic amines is 1. The van der Waals surface area contributed by atoms with Gasteiger partial charge in [0.15, 0.2) is 22.8 Å². The van der Waals surface area contributed by atoms with E-state index < -0.39 is 5.60 Å². The zero-order valence-corrected chi connectivity index (χ0v) is 19.5. The average molecular weight is 474 g/mol. The molecule has 3 aliphatic rings. The molecule has 3 aliphatic heterocycles. The van der Waals surface area contributed by atoms with Crippen LogP contribution in [0.3, 0.4) is 0 Å². The van der Waals surface area contributed by atoms with Gasteiger partial charge >= 0.3 is 0 Å². The van der Waals surface area contributed by atoms with Crippen molar-refractivity contribution in [2.45, 2.75) is 50.7 Å². The number of aromatic nitrogens is 4. The smallest absolute Gasteiger partial charge is 0.178 e. The molecule has 176 valence electrons. The summed E-state index contributed by atoms with van der Waals surface area (Å²) < 4.78 is 19.9. The lowest BCUT2D eigenvalue weighted by Gasteiger charge is -2.41. The van der Waals surface area contributed by atoms with Crippen LogP contribution in [0, 0.1) is 12.7 Å². The Morgan fingerprint density at radius 1 is 1.06 bits per heavy atom. The fourth-order valence-corrected chi connectivity index (χ4v) is 5.46. The summed E-state index contributed by atoms with van der Waals surface area (Å²) in [5.74, 6) is 2.06. The van der Waals surface area contributed by atoms with Crippen molar-refractivity contribution < 1.29 is 9.13 Å². The minimum atomic E-state index is -0.493. The Morgan fingerprint density at radius 2 is 1.79 bits per heavy atom. The Hall–Kier alpha value is -2.65. The quantitative estimate of drug-likeness (QED) is 0.586. The largest absolute Gasteiger partial charge is 0.485 e. The molecule has 0 saturated carbocycles. The standard InChI is InChI=1S/C23H28FN7O.ClH/c1-14-21(27-20-18(26-14)22(29-28-20)30-9-3-2-4-10-30)31-11-7-23(8-12-31)19(25)16-6-5-15(24)13-17(16)32-23;/h5-6,13,19H,2-4,7-12,25H2,1H3,(H,27,28,29);1H/t19-;/m1./s1. The highest BCUT2D eigenvalue weighted by Crippen LogP contribution is 2.47. The number of nitrogens with zero attached hydrogens (tertiary/aromatic N) is 5. The summed E-state index contributed by atoms with van der Waals surface area (Å²) in [5, 5.41) is 7.63. The third-order valence-electron chi connectivity index (χ3n) is 7.28. The van der Waals surface area contributed by atoms with Crippen LogP contribution < -0.4 is 20.3 Å². The van der Waals surface area contributed by atoms with Crippen LogP contribution in [0.4, 0.5) is 16.0 Å². The number of nitrogens with two attached hydrogens (primary N) is 1. The zero-order valence-electron chi connectivity index (χ0n) is 18.7. The number of H-pyrrole nitrogens is 1. The summed E-state index contributed by atoms with van der Waals surface area (Å²) in [6.07, 6.45) is 5.14. The van der Waals surface area contributed by atoms with Gasteiger partial charge in [-0.05, 0) is 32.3 Å². The van der Waals surface area contributed by atoms with Crippen molar-refractivity contribution in [2.24, 2.45) is 5.73 Å². The number of ether oxygens (including phenoxy) is 1. The van der Waals surface area contributed by atoms with Crippen LogP contribution in [-0.4, -0.2) is 51.9 Å². The fraction of sp³-hybridized carbons (Fsp3) is 0.522. The number of hydrogen-bond acceptors (Lipinski definition) is 7. The third-order valence-corrected chi connectivity index (χ3v) is 7.28. The molecule has 1 aromatic carbocycles. The first-order valence-electron chi connectivity index (χ1n) is 11.5. The molecule has 0 bridgehead atoms. The molecule has 3 aromatic rings. The van der Waals surface area contributed by atoms with Gasteiger partial charge in [0.2, 0.25) is 0 Å². The van der Waals surface area contributed by atoms with E-state index in [9.17, 15) is 4.39 Å². The molecule has 2 fully saturated rings. The van der Waals surface area contributed by atoms with Crippen molar-refractivity contribution in [3.63, 3.8) is 0 Å². The van der Waals surface area contributed by atoms with Crippen molar-refractivity contribution >= 4 is 35.2 Å². The maximum Gasteiger partial charge on any atom is 0.178 e. The van der Waals surface area contributed by atoms with Gasteiger partial charge in [0.05, 0.1) is 11.7 Å². The van der Waals surface area contributed by atoms with Gasteiger partial charge in [0, 0.05) is 50.7 Å². The summed E-state index contributed by atoms with van der Waals surface area (Å²) in [4.78, 5) is 14.3. The van der Waals surface area contributed by atoms with Gasteiger partial charge in [-0.15, -0.1) is 12.4 Å². The summed E-state index contributed by atoms with van der Waals surface area (Å²) in [6, 6.07) is 4.39. The summed E-state index contributed by atoms with van der Waals surface area (Å²) in [7, 11) is 0. The number of fused-ring (bicyclic) bond motifs is 2. The highest BCUT2D eigenvalue weighted by atomic mass is 35.5. The van der Waals surface area contributed by atoms with Gasteiger partial charge in [-0.25, -0.2) is 14.4 Å². The second-order valence-electron chi connectivity index (χ2n) is 9.24. The molecule has 0 amide bonds. The topological polar surface area (TPSA) is 96.2 Å². The molecule has 0 unspecified atom stereocenters. The molecular weight excluding hydrogens is 445 g/mol. The Morgan fingerprint density at radius 3 is 2.55 bits per heavy atom. The average Bonchev–Trinajstić information content (AvgIpc) is 3.33. The lowest BCUT2D eigenvalue weighted by molar-refractivity contribution is 0.0429. The number of anilines is 2. The van der Waals surface area contributed by atoms with Gasteiger partial charge in [-0.2, -0.15) is 5.10 Å². The number of piperidine rings is 2. The molecule has 1 spiro atoms. The van der Waals surface area contributed by atoms with Crippen LogP contribution in [0.1, 0.15) is 49.4 Å². The Labute approximate surface area is 198 Å². The predicted molar refractivity (Wildman–Crippen MR) is 128 cm³/mol. The van der Waals surface area contributed by atoms with E-state index in [0.29, 0.717) is 5.75 Å². The molecule has 2 aromatic heterocycles. The number of hydrogen-bond donors (Lipinski definition) is 2. The Kier molecular flexibility index (Phi) is 5.56. The van der Waals surface area contributed by atoms with Crippen LogP contribution in [-0.2, 0) is 0 Å². The first-order chi connectivity index (χ1) is 15.5. The van der Waals surface area contributed by atoms with E-state index in [-0.39, 0.29) is 24.3 Å². The monoisotopic (exact) mass is 473 g/mol. The minimum absolute atomic E-state index is 0. The van der Waals surface area contributed by atoms with Crippen molar-refractivity contribution in [3.8, 4) is 5.75 Å². The molecule has 8 nitrogen and oxygen atoms in total. The van der Waals surface area contributed by atoms with Gasteiger partial charge in [0.25, 0.3) is 0 Å². The highest BCUT2D eigenvalue weighted by Gasteiger charge is 2.48. The van der Waals surface area contributed by atoms with Crippen LogP contribution in [0.25, 0.3) is 11.2 Å². The first kappa shape index (κ1) is 22.2. The second-order valence-corrected chi connectivity index (χ2v) is 9.24. The SMILES string of the molecule is Cc1nc2c(N3CCCCC3)n[nH]c2nc1N1CCC2(CC1)Oc1cc(F)ccc1[C@H]2N.Cl. The van der Waals surface area contributed by atoms with E-state index in [1.165, 1.54) is 31.4 Å². The molecular formula is C23H29ClFN7O. The third kappa shape index (κ3) is 3.58.